The molecule has 0 amide bonds. The fourth-order valence-electron chi connectivity index (χ4n) is 1.53. The number of H-pyrrole nitrogens is 1. The number of benzene rings is 1. The lowest BCUT2D eigenvalue weighted by molar-refractivity contribution is -0.136. The van der Waals surface area contributed by atoms with Crippen LogP contribution in [0.15, 0.2) is 29.1 Å². The Bertz CT molecular complexity index is 649. The van der Waals surface area contributed by atoms with E-state index in [-0.39, 0.29) is 6.42 Å². The first-order chi connectivity index (χ1) is 9.04. The van der Waals surface area contributed by atoms with Crippen LogP contribution in [0.2, 0.25) is 0 Å². The zero-order chi connectivity index (χ0) is 13.8. The van der Waals surface area contributed by atoms with Gasteiger partial charge in [0.15, 0.2) is 5.82 Å². The van der Waals surface area contributed by atoms with Crippen molar-refractivity contribution < 1.29 is 9.90 Å². The molecule has 0 saturated carbocycles. The summed E-state index contributed by atoms with van der Waals surface area (Å²) in [6, 6.07) is 6.85. The Morgan fingerprint density at radius 3 is 2.68 bits per heavy atom. The highest BCUT2D eigenvalue weighted by molar-refractivity contribution is 5.70. The summed E-state index contributed by atoms with van der Waals surface area (Å²) >= 11 is 0. The Morgan fingerprint density at radius 1 is 1.37 bits per heavy atom. The molecule has 1 heterocycles. The van der Waals surface area contributed by atoms with Crippen LogP contribution in [0.3, 0.4) is 0 Å². The molecule has 7 heteroatoms. The predicted octanol–water partition coefficient (Wildman–Crippen LogP) is 0.844. The number of aromatic nitrogens is 3. The zero-order valence-electron chi connectivity index (χ0n) is 10.2. The predicted molar refractivity (Wildman–Crippen MR) is 68.5 cm³/mol. The van der Waals surface area contributed by atoms with Gasteiger partial charge in [0, 0.05) is 5.69 Å². The van der Waals surface area contributed by atoms with Crippen LogP contribution < -0.4 is 11.0 Å². The van der Waals surface area contributed by atoms with Crippen LogP contribution in [0.25, 0.3) is 0 Å². The maximum absolute atomic E-state index is 11.1. The fourth-order valence-corrected chi connectivity index (χ4v) is 1.53. The van der Waals surface area contributed by atoms with Gasteiger partial charge in [0.05, 0.1) is 6.42 Å². The molecule has 98 valence electrons. The van der Waals surface area contributed by atoms with Gasteiger partial charge >= 0.3 is 11.7 Å². The second kappa shape index (κ2) is 5.30. The van der Waals surface area contributed by atoms with E-state index in [1.54, 1.807) is 31.2 Å². The number of aryl methyl sites for hydroxylation is 1. The molecule has 0 aliphatic rings. The van der Waals surface area contributed by atoms with E-state index in [2.05, 4.69) is 20.5 Å². The van der Waals surface area contributed by atoms with Gasteiger partial charge in [-0.1, -0.05) is 12.1 Å². The van der Waals surface area contributed by atoms with Crippen LogP contribution in [0.5, 0.6) is 0 Å². The molecule has 19 heavy (non-hydrogen) atoms. The van der Waals surface area contributed by atoms with Crippen molar-refractivity contribution in [2.24, 2.45) is 0 Å². The van der Waals surface area contributed by atoms with Gasteiger partial charge in [0.2, 0.25) is 0 Å². The Labute approximate surface area is 108 Å². The number of nitrogens with one attached hydrogen (secondary N) is 2. The van der Waals surface area contributed by atoms with Crippen LogP contribution in [0, 0.1) is 6.92 Å². The number of hydrogen-bond acceptors (Lipinski definition) is 5. The minimum absolute atomic E-state index is 0.0237. The van der Waals surface area contributed by atoms with Gasteiger partial charge in [0.1, 0.15) is 5.69 Å². The molecule has 0 unspecified atom stereocenters. The van der Waals surface area contributed by atoms with Gasteiger partial charge in [-0.3, -0.25) is 4.79 Å². The molecule has 3 N–H and O–H groups in total. The van der Waals surface area contributed by atoms with Gasteiger partial charge in [-0.15, -0.1) is 0 Å². The SMILES string of the molecule is Cc1n[nH]c(=O)nc1Nc1ccc(CC(=O)O)cc1. The number of carboxylic acid groups (broad SMARTS) is 1. The number of anilines is 2. The Kier molecular flexibility index (Phi) is 3.56. The lowest BCUT2D eigenvalue weighted by atomic mass is 10.1. The monoisotopic (exact) mass is 260 g/mol. The third-order valence-corrected chi connectivity index (χ3v) is 2.45. The van der Waals surface area contributed by atoms with Crippen molar-refractivity contribution in [2.75, 3.05) is 5.32 Å². The average molecular weight is 260 g/mol. The summed E-state index contributed by atoms with van der Waals surface area (Å²) in [5.74, 6) is -0.508. The summed E-state index contributed by atoms with van der Waals surface area (Å²) in [6.45, 7) is 1.71. The van der Waals surface area contributed by atoms with E-state index in [9.17, 15) is 9.59 Å². The number of aliphatic carboxylic acids is 1. The molecule has 0 saturated heterocycles. The van der Waals surface area contributed by atoms with Crippen molar-refractivity contribution in [3.63, 3.8) is 0 Å². The number of carbonyl (C=O) groups is 1. The Morgan fingerprint density at radius 2 is 2.05 bits per heavy atom. The summed E-state index contributed by atoms with van der Waals surface area (Å²) in [5, 5.41) is 17.6. The molecular weight excluding hydrogens is 248 g/mol. The highest BCUT2D eigenvalue weighted by Gasteiger charge is 2.04. The van der Waals surface area contributed by atoms with E-state index >= 15 is 0 Å². The molecule has 0 spiro atoms. The highest BCUT2D eigenvalue weighted by atomic mass is 16.4. The van der Waals surface area contributed by atoms with Crippen molar-refractivity contribution in [3.05, 3.63) is 46.0 Å². The van der Waals surface area contributed by atoms with Crippen LogP contribution in [-0.4, -0.2) is 26.3 Å². The third-order valence-electron chi connectivity index (χ3n) is 2.45. The molecule has 0 fully saturated rings. The summed E-state index contributed by atoms with van der Waals surface area (Å²) in [4.78, 5) is 25.4. The number of hydrogen-bond donors (Lipinski definition) is 3. The Balaban J connectivity index is 2.17. The molecule has 0 aliphatic heterocycles. The number of carboxylic acids is 1. The molecule has 1 aromatic carbocycles. The summed E-state index contributed by atoms with van der Waals surface area (Å²) < 4.78 is 0. The van der Waals surface area contributed by atoms with Gasteiger partial charge in [-0.25, -0.2) is 9.89 Å². The summed E-state index contributed by atoms with van der Waals surface area (Å²) in [7, 11) is 0. The molecule has 7 nitrogen and oxygen atoms in total. The molecule has 0 radical (unpaired) electrons. The second-order valence-electron chi connectivity index (χ2n) is 3.97. The minimum atomic E-state index is -0.878. The smallest absolute Gasteiger partial charge is 0.363 e. The molecule has 2 aromatic rings. The van der Waals surface area contributed by atoms with E-state index in [0.29, 0.717) is 22.8 Å². The summed E-state index contributed by atoms with van der Waals surface area (Å²) in [5.41, 5.74) is 1.44. The Hall–Kier alpha value is -2.70. The first-order valence-electron chi connectivity index (χ1n) is 5.55. The standard InChI is InChI=1S/C12H12N4O3/c1-7-11(14-12(19)16-15-7)13-9-4-2-8(3-5-9)6-10(17)18/h2-5H,6H2,1H3,(H,17,18)(H2,13,14,16,19). The lowest BCUT2D eigenvalue weighted by Crippen LogP contribution is -2.15. The molecule has 1 aromatic heterocycles. The second-order valence-corrected chi connectivity index (χ2v) is 3.97. The fraction of sp³-hybridized carbons (Fsp3) is 0.167. The lowest BCUT2D eigenvalue weighted by Gasteiger charge is -2.07. The van der Waals surface area contributed by atoms with Crippen molar-refractivity contribution in [3.8, 4) is 0 Å². The molecule has 0 atom stereocenters. The van der Waals surface area contributed by atoms with Gasteiger partial charge in [-0.05, 0) is 24.6 Å². The molecule has 2 rings (SSSR count). The van der Waals surface area contributed by atoms with Crippen molar-refractivity contribution in [2.45, 2.75) is 13.3 Å². The van der Waals surface area contributed by atoms with E-state index in [4.69, 9.17) is 5.11 Å². The average Bonchev–Trinajstić information content (AvgIpc) is 2.35. The maximum atomic E-state index is 11.1. The van der Waals surface area contributed by atoms with Crippen LogP contribution >= 0.6 is 0 Å². The van der Waals surface area contributed by atoms with E-state index < -0.39 is 11.7 Å². The van der Waals surface area contributed by atoms with Gasteiger partial charge in [0.25, 0.3) is 0 Å². The zero-order valence-corrected chi connectivity index (χ0v) is 10.2. The van der Waals surface area contributed by atoms with Crippen molar-refractivity contribution in [1.29, 1.82) is 0 Å². The van der Waals surface area contributed by atoms with Crippen molar-refractivity contribution >= 4 is 17.5 Å². The van der Waals surface area contributed by atoms with E-state index in [0.717, 1.165) is 0 Å². The van der Waals surface area contributed by atoms with Crippen LogP contribution in [0.4, 0.5) is 11.5 Å². The number of aromatic amines is 1. The van der Waals surface area contributed by atoms with Gasteiger partial charge in [-0.2, -0.15) is 10.1 Å². The minimum Gasteiger partial charge on any atom is -0.481 e. The van der Waals surface area contributed by atoms with E-state index in [1.165, 1.54) is 0 Å². The van der Waals surface area contributed by atoms with E-state index in [1.807, 2.05) is 0 Å². The maximum Gasteiger partial charge on any atom is 0.363 e. The van der Waals surface area contributed by atoms with Gasteiger partial charge < -0.3 is 10.4 Å². The normalized spacial score (nSPS) is 10.2. The molecule has 0 aliphatic carbocycles. The van der Waals surface area contributed by atoms with Crippen molar-refractivity contribution in [1.82, 2.24) is 15.2 Å². The third kappa shape index (κ3) is 3.38. The molecule has 0 bridgehead atoms. The topological polar surface area (TPSA) is 108 Å². The van der Waals surface area contributed by atoms with Crippen LogP contribution in [-0.2, 0) is 11.2 Å². The number of nitrogens with zero attached hydrogens (tertiary/aromatic N) is 2. The largest absolute Gasteiger partial charge is 0.481 e. The molecular formula is C12H12N4O3. The highest BCUT2D eigenvalue weighted by Crippen LogP contribution is 2.16. The quantitative estimate of drug-likeness (QED) is 0.752. The van der Waals surface area contributed by atoms with Crippen LogP contribution in [0.1, 0.15) is 11.3 Å². The number of rotatable bonds is 4. The first-order valence-corrected chi connectivity index (χ1v) is 5.55. The summed E-state index contributed by atoms with van der Waals surface area (Å²) in [6.07, 6.45) is -0.0237. The first kappa shape index (κ1) is 12.7.